The molecule has 0 radical (unpaired) electrons. The summed E-state index contributed by atoms with van der Waals surface area (Å²) < 4.78 is 5.58. The second kappa shape index (κ2) is 5.26. The lowest BCUT2D eigenvalue weighted by Crippen LogP contribution is -2.18. The number of hydrogen-bond donors (Lipinski definition) is 3. The number of aryl methyl sites for hydroxylation is 1. The largest absolute Gasteiger partial charge is 0.423 e. The lowest BCUT2D eigenvalue weighted by molar-refractivity contribution is 0.0706. The maximum Gasteiger partial charge on any atom is 0.300 e. The van der Waals surface area contributed by atoms with Crippen molar-refractivity contribution in [3.63, 3.8) is 0 Å². The minimum atomic E-state index is -0.590. The third kappa shape index (κ3) is 2.56. The highest BCUT2D eigenvalue weighted by molar-refractivity contribution is 5.96. The number of hydrogen-bond acceptors (Lipinski definition) is 5. The predicted octanol–water partition coefficient (Wildman–Crippen LogP) is 3.00. The van der Waals surface area contributed by atoms with Crippen LogP contribution in [-0.4, -0.2) is 16.1 Å². The molecule has 0 saturated heterocycles. The number of aromatic nitrogens is 1. The first kappa shape index (κ1) is 13.1. The Morgan fingerprint density at radius 2 is 2.05 bits per heavy atom. The van der Waals surface area contributed by atoms with Gasteiger partial charge < -0.3 is 9.73 Å². The van der Waals surface area contributed by atoms with Crippen LogP contribution in [-0.2, 0) is 0 Å². The fourth-order valence-corrected chi connectivity index (χ4v) is 2.02. The summed E-state index contributed by atoms with van der Waals surface area (Å²) in [6.45, 7) is 1.98. The third-order valence-electron chi connectivity index (χ3n) is 3.14. The van der Waals surface area contributed by atoms with Crippen molar-refractivity contribution in [1.82, 2.24) is 10.5 Å². The van der Waals surface area contributed by atoms with E-state index in [2.05, 4.69) is 10.3 Å². The molecule has 0 unspecified atom stereocenters. The van der Waals surface area contributed by atoms with Gasteiger partial charge in [0, 0.05) is 11.3 Å². The Morgan fingerprint density at radius 1 is 1.24 bits per heavy atom. The molecule has 3 N–H and O–H groups in total. The molecular formula is C15H13N3O3. The van der Waals surface area contributed by atoms with Crippen molar-refractivity contribution in [3.8, 4) is 0 Å². The van der Waals surface area contributed by atoms with Crippen molar-refractivity contribution in [1.29, 1.82) is 0 Å². The van der Waals surface area contributed by atoms with Crippen molar-refractivity contribution < 1.29 is 14.4 Å². The monoisotopic (exact) mass is 283 g/mol. The van der Waals surface area contributed by atoms with E-state index in [4.69, 9.17) is 9.62 Å². The summed E-state index contributed by atoms with van der Waals surface area (Å²) >= 11 is 0. The van der Waals surface area contributed by atoms with E-state index in [0.29, 0.717) is 22.7 Å². The van der Waals surface area contributed by atoms with E-state index < -0.39 is 5.91 Å². The zero-order valence-electron chi connectivity index (χ0n) is 11.3. The Morgan fingerprint density at radius 3 is 2.81 bits per heavy atom. The molecule has 1 heterocycles. The number of fused-ring (bicyclic) bond motifs is 1. The number of anilines is 2. The zero-order chi connectivity index (χ0) is 14.8. The molecule has 1 amide bonds. The van der Waals surface area contributed by atoms with Crippen LogP contribution in [0.5, 0.6) is 0 Å². The van der Waals surface area contributed by atoms with Crippen LogP contribution in [0.3, 0.4) is 0 Å². The number of amides is 1. The SMILES string of the molecule is Cc1ccccc1Nc1nc2cc(C(=O)NO)ccc2o1. The van der Waals surface area contributed by atoms with Gasteiger partial charge in [0.2, 0.25) is 0 Å². The summed E-state index contributed by atoms with van der Waals surface area (Å²) in [6, 6.07) is 12.9. The molecule has 0 fully saturated rings. The van der Waals surface area contributed by atoms with Crippen molar-refractivity contribution in [2.24, 2.45) is 0 Å². The molecule has 21 heavy (non-hydrogen) atoms. The zero-order valence-corrected chi connectivity index (χ0v) is 11.3. The van der Waals surface area contributed by atoms with Crippen molar-refractivity contribution >= 4 is 28.7 Å². The minimum Gasteiger partial charge on any atom is -0.423 e. The van der Waals surface area contributed by atoms with E-state index in [1.807, 2.05) is 31.2 Å². The topological polar surface area (TPSA) is 87.4 Å². The standard InChI is InChI=1S/C15H13N3O3/c1-9-4-2-3-5-11(9)16-15-17-12-8-10(14(19)18-20)6-7-13(12)21-15/h2-8,20H,1H3,(H,16,17)(H,18,19). The van der Waals surface area contributed by atoms with Gasteiger partial charge in [-0.05, 0) is 36.8 Å². The van der Waals surface area contributed by atoms with Gasteiger partial charge in [0.25, 0.3) is 11.9 Å². The predicted molar refractivity (Wildman–Crippen MR) is 77.7 cm³/mol. The molecule has 3 aromatic rings. The molecule has 106 valence electrons. The van der Waals surface area contributed by atoms with Crippen molar-refractivity contribution in [3.05, 3.63) is 53.6 Å². The van der Waals surface area contributed by atoms with E-state index >= 15 is 0 Å². The third-order valence-corrected chi connectivity index (χ3v) is 3.14. The number of rotatable bonds is 3. The van der Waals surface area contributed by atoms with Crippen LogP contribution < -0.4 is 10.8 Å². The van der Waals surface area contributed by atoms with Crippen LogP contribution in [0.1, 0.15) is 15.9 Å². The van der Waals surface area contributed by atoms with Gasteiger partial charge in [0.1, 0.15) is 5.52 Å². The van der Waals surface area contributed by atoms with Crippen LogP contribution in [0.4, 0.5) is 11.7 Å². The highest BCUT2D eigenvalue weighted by Crippen LogP contribution is 2.24. The average Bonchev–Trinajstić information content (AvgIpc) is 2.90. The first-order chi connectivity index (χ1) is 10.2. The molecule has 0 atom stereocenters. The molecule has 6 heteroatoms. The highest BCUT2D eigenvalue weighted by Gasteiger charge is 2.10. The molecule has 3 rings (SSSR count). The van der Waals surface area contributed by atoms with Crippen LogP contribution in [0.25, 0.3) is 11.1 Å². The second-order valence-corrected chi connectivity index (χ2v) is 4.58. The van der Waals surface area contributed by atoms with Crippen LogP contribution in [0.2, 0.25) is 0 Å². The van der Waals surface area contributed by atoms with Gasteiger partial charge in [0.05, 0.1) is 0 Å². The fraction of sp³-hybridized carbons (Fsp3) is 0.0667. The number of benzene rings is 2. The number of carbonyl (C=O) groups excluding carboxylic acids is 1. The van der Waals surface area contributed by atoms with Crippen molar-refractivity contribution in [2.45, 2.75) is 6.92 Å². The Labute approximate surface area is 120 Å². The summed E-state index contributed by atoms with van der Waals surface area (Å²) in [5, 5.41) is 11.7. The van der Waals surface area contributed by atoms with Crippen LogP contribution in [0.15, 0.2) is 46.9 Å². The smallest absolute Gasteiger partial charge is 0.300 e. The molecule has 2 aromatic carbocycles. The number of carbonyl (C=O) groups is 1. The van der Waals surface area contributed by atoms with E-state index in [9.17, 15) is 4.79 Å². The summed E-state index contributed by atoms with van der Waals surface area (Å²) in [6.07, 6.45) is 0. The quantitative estimate of drug-likeness (QED) is 0.508. The second-order valence-electron chi connectivity index (χ2n) is 4.58. The van der Waals surface area contributed by atoms with Gasteiger partial charge in [0.15, 0.2) is 5.58 Å². The molecule has 0 aliphatic carbocycles. The summed E-state index contributed by atoms with van der Waals surface area (Å²) in [5.41, 5.74) is 4.95. The van der Waals surface area contributed by atoms with Gasteiger partial charge in [-0.2, -0.15) is 4.98 Å². The fourth-order valence-electron chi connectivity index (χ4n) is 2.02. The summed E-state index contributed by atoms with van der Waals surface area (Å²) in [5.74, 6) is -0.590. The molecule has 0 bridgehead atoms. The maximum absolute atomic E-state index is 11.4. The van der Waals surface area contributed by atoms with E-state index in [-0.39, 0.29) is 0 Å². The first-order valence-corrected chi connectivity index (χ1v) is 6.35. The molecule has 1 aromatic heterocycles. The van der Waals surface area contributed by atoms with Gasteiger partial charge in [-0.3, -0.25) is 10.0 Å². The number of hydroxylamine groups is 1. The normalized spacial score (nSPS) is 10.6. The van der Waals surface area contributed by atoms with Crippen LogP contribution in [0, 0.1) is 6.92 Å². The Bertz CT molecular complexity index is 811. The van der Waals surface area contributed by atoms with Gasteiger partial charge in [-0.1, -0.05) is 18.2 Å². The Kier molecular flexibility index (Phi) is 3.29. The Balaban J connectivity index is 1.94. The summed E-state index contributed by atoms with van der Waals surface area (Å²) in [4.78, 5) is 15.7. The molecule has 0 aliphatic rings. The lowest BCUT2D eigenvalue weighted by Gasteiger charge is -2.04. The van der Waals surface area contributed by atoms with Crippen molar-refractivity contribution in [2.75, 3.05) is 5.32 Å². The van der Waals surface area contributed by atoms with E-state index in [0.717, 1.165) is 11.3 Å². The minimum absolute atomic E-state index is 0.306. The number of nitrogens with zero attached hydrogens (tertiary/aromatic N) is 1. The molecular weight excluding hydrogens is 270 g/mol. The number of oxazole rings is 1. The first-order valence-electron chi connectivity index (χ1n) is 6.35. The van der Waals surface area contributed by atoms with Gasteiger partial charge in [-0.25, -0.2) is 5.48 Å². The summed E-state index contributed by atoms with van der Waals surface area (Å²) in [7, 11) is 0. The van der Waals surface area contributed by atoms with Gasteiger partial charge >= 0.3 is 0 Å². The number of nitrogens with one attached hydrogen (secondary N) is 2. The lowest BCUT2D eigenvalue weighted by atomic mass is 10.2. The average molecular weight is 283 g/mol. The highest BCUT2D eigenvalue weighted by atomic mass is 16.5. The van der Waals surface area contributed by atoms with Crippen LogP contribution >= 0.6 is 0 Å². The molecule has 6 nitrogen and oxygen atoms in total. The van der Waals surface area contributed by atoms with Gasteiger partial charge in [-0.15, -0.1) is 0 Å². The van der Waals surface area contributed by atoms with E-state index in [1.165, 1.54) is 0 Å². The molecule has 0 saturated carbocycles. The maximum atomic E-state index is 11.4. The van der Waals surface area contributed by atoms with E-state index in [1.54, 1.807) is 23.7 Å². The molecule has 0 spiro atoms. The molecule has 0 aliphatic heterocycles. The Hall–Kier alpha value is -2.86. The number of para-hydroxylation sites is 1.